The predicted molar refractivity (Wildman–Crippen MR) is 149 cm³/mol. The van der Waals surface area contributed by atoms with Crippen LogP contribution in [-0.4, -0.2) is 60.0 Å². The Bertz CT molecular complexity index is 1410. The third-order valence-electron chi connectivity index (χ3n) is 6.99. The number of amides is 3. The molecule has 2 heterocycles. The molecule has 4 N–H and O–H groups in total. The first-order valence-electron chi connectivity index (χ1n) is 13.4. The second kappa shape index (κ2) is 12.6. The maximum absolute atomic E-state index is 13.5. The number of aromatic nitrogens is 1. The Kier molecular flexibility index (Phi) is 8.98. The van der Waals surface area contributed by atoms with E-state index in [9.17, 15) is 24.0 Å². The molecule has 40 heavy (non-hydrogen) atoms. The summed E-state index contributed by atoms with van der Waals surface area (Å²) in [4.78, 5) is 68.4. The van der Waals surface area contributed by atoms with Gasteiger partial charge < -0.3 is 25.7 Å². The zero-order valence-corrected chi connectivity index (χ0v) is 22.8. The van der Waals surface area contributed by atoms with E-state index in [4.69, 9.17) is 4.74 Å². The summed E-state index contributed by atoms with van der Waals surface area (Å²) in [6.45, 7) is 4.28. The molecule has 0 bridgehead atoms. The number of fused-ring (bicyclic) bond motifs is 1. The number of methoxy groups -OCH3 is 1. The van der Waals surface area contributed by atoms with E-state index in [1.54, 1.807) is 43.5 Å². The molecule has 0 aliphatic carbocycles. The molecule has 0 spiro atoms. The van der Waals surface area contributed by atoms with E-state index in [1.165, 1.54) is 12.1 Å². The number of ether oxygens (including phenoxy) is 1. The molecule has 1 aromatic heterocycles. The molecule has 0 saturated carbocycles. The van der Waals surface area contributed by atoms with Crippen LogP contribution in [0.15, 0.2) is 54.6 Å². The van der Waals surface area contributed by atoms with Gasteiger partial charge in [0.1, 0.15) is 17.5 Å². The van der Waals surface area contributed by atoms with Crippen LogP contribution in [-0.2, 0) is 14.4 Å². The highest BCUT2D eigenvalue weighted by molar-refractivity contribution is 6.45. The number of aromatic amines is 1. The minimum atomic E-state index is -1.22. The van der Waals surface area contributed by atoms with Crippen molar-refractivity contribution in [2.45, 2.75) is 45.2 Å². The fourth-order valence-corrected chi connectivity index (χ4v) is 4.91. The zero-order chi connectivity index (χ0) is 28.8. The van der Waals surface area contributed by atoms with Crippen LogP contribution < -0.4 is 20.7 Å². The van der Waals surface area contributed by atoms with Crippen LogP contribution in [0.3, 0.4) is 0 Å². The van der Waals surface area contributed by atoms with Crippen LogP contribution in [0.2, 0.25) is 0 Å². The van der Waals surface area contributed by atoms with Crippen molar-refractivity contribution in [1.82, 2.24) is 20.9 Å². The average Bonchev–Trinajstić information content (AvgIpc) is 3.57. The Hall–Kier alpha value is -4.47. The third-order valence-corrected chi connectivity index (χ3v) is 6.99. The number of H-pyrrole nitrogens is 1. The maximum Gasteiger partial charge on any atom is 0.268 e. The van der Waals surface area contributed by atoms with Crippen molar-refractivity contribution in [2.75, 3.05) is 13.7 Å². The van der Waals surface area contributed by atoms with Crippen LogP contribution in [0.25, 0.3) is 10.9 Å². The van der Waals surface area contributed by atoms with Gasteiger partial charge in [0.25, 0.3) is 5.91 Å². The van der Waals surface area contributed by atoms with Crippen LogP contribution in [0, 0.1) is 11.8 Å². The number of rotatable bonds is 12. The van der Waals surface area contributed by atoms with E-state index >= 15 is 0 Å². The molecular weight excluding hydrogens is 512 g/mol. The zero-order valence-electron chi connectivity index (χ0n) is 22.8. The monoisotopic (exact) mass is 546 g/mol. The summed E-state index contributed by atoms with van der Waals surface area (Å²) in [5, 5.41) is 8.90. The van der Waals surface area contributed by atoms with Crippen molar-refractivity contribution in [3.8, 4) is 5.75 Å². The Morgan fingerprint density at radius 3 is 2.40 bits per heavy atom. The molecule has 1 saturated heterocycles. The quantitative estimate of drug-likeness (QED) is 0.203. The number of ketones is 2. The summed E-state index contributed by atoms with van der Waals surface area (Å²) in [6.07, 6.45) is 0.770. The van der Waals surface area contributed by atoms with E-state index in [0.29, 0.717) is 30.7 Å². The number of nitrogens with one attached hydrogen (secondary N) is 4. The predicted octanol–water partition coefficient (Wildman–Crippen LogP) is 2.78. The minimum Gasteiger partial charge on any atom is -0.496 e. The molecule has 10 nitrogen and oxygen atoms in total. The van der Waals surface area contributed by atoms with Crippen LogP contribution in [0.5, 0.6) is 5.75 Å². The lowest BCUT2D eigenvalue weighted by Crippen LogP contribution is -2.53. The number of benzene rings is 2. The molecule has 1 aliphatic heterocycles. The highest BCUT2D eigenvalue weighted by Crippen LogP contribution is 2.26. The Labute approximate surface area is 232 Å². The van der Waals surface area contributed by atoms with Gasteiger partial charge in [0.2, 0.25) is 23.4 Å². The van der Waals surface area contributed by atoms with Gasteiger partial charge >= 0.3 is 0 Å². The lowest BCUT2D eigenvalue weighted by Gasteiger charge is -2.24. The molecule has 1 aliphatic rings. The van der Waals surface area contributed by atoms with E-state index in [-0.39, 0.29) is 29.5 Å². The number of Topliss-reactive ketones (excluding diaryl/α,β-unsaturated/α-hetero) is 2. The lowest BCUT2D eigenvalue weighted by molar-refractivity contribution is -0.129. The maximum atomic E-state index is 13.5. The fraction of sp³-hybridized carbons (Fsp3) is 0.367. The lowest BCUT2D eigenvalue weighted by atomic mass is 9.92. The molecule has 3 amide bonds. The first-order valence-corrected chi connectivity index (χ1v) is 13.4. The summed E-state index contributed by atoms with van der Waals surface area (Å²) in [5.41, 5.74) is 1.15. The first-order chi connectivity index (χ1) is 19.2. The Morgan fingerprint density at radius 1 is 1.00 bits per heavy atom. The second-order valence-corrected chi connectivity index (χ2v) is 10.4. The number of carbonyl (C=O) groups excluding carboxylic acids is 5. The summed E-state index contributed by atoms with van der Waals surface area (Å²) in [7, 11) is 1.54. The summed E-state index contributed by atoms with van der Waals surface area (Å²) >= 11 is 0. The van der Waals surface area contributed by atoms with Crippen molar-refractivity contribution in [2.24, 2.45) is 11.8 Å². The molecule has 1 fully saturated rings. The van der Waals surface area contributed by atoms with Crippen LogP contribution in [0.4, 0.5) is 0 Å². The van der Waals surface area contributed by atoms with Gasteiger partial charge in [0, 0.05) is 28.9 Å². The van der Waals surface area contributed by atoms with Gasteiger partial charge in [0.05, 0.1) is 13.2 Å². The molecule has 4 rings (SSSR count). The van der Waals surface area contributed by atoms with Gasteiger partial charge in [-0.15, -0.1) is 0 Å². The smallest absolute Gasteiger partial charge is 0.268 e. The molecule has 210 valence electrons. The van der Waals surface area contributed by atoms with Gasteiger partial charge in [-0.05, 0) is 43.4 Å². The Morgan fingerprint density at radius 2 is 1.75 bits per heavy atom. The van der Waals surface area contributed by atoms with Gasteiger partial charge in [-0.1, -0.05) is 50.2 Å². The van der Waals surface area contributed by atoms with Crippen molar-refractivity contribution in [3.05, 3.63) is 65.9 Å². The minimum absolute atomic E-state index is 0.0147. The van der Waals surface area contributed by atoms with E-state index < -0.39 is 41.4 Å². The topological polar surface area (TPSA) is 146 Å². The van der Waals surface area contributed by atoms with Gasteiger partial charge in [0.15, 0.2) is 0 Å². The van der Waals surface area contributed by atoms with Crippen LogP contribution >= 0.6 is 0 Å². The normalized spacial score (nSPS) is 16.3. The highest BCUT2D eigenvalue weighted by atomic mass is 16.5. The molecule has 10 heteroatoms. The van der Waals surface area contributed by atoms with Gasteiger partial charge in [-0.3, -0.25) is 24.0 Å². The van der Waals surface area contributed by atoms with Crippen molar-refractivity contribution < 1.29 is 28.7 Å². The summed E-state index contributed by atoms with van der Waals surface area (Å²) < 4.78 is 5.37. The fourth-order valence-electron chi connectivity index (χ4n) is 4.91. The number of hydrogen-bond acceptors (Lipinski definition) is 6. The highest BCUT2D eigenvalue weighted by Gasteiger charge is 2.36. The standard InChI is InChI=1S/C30H34N4O6/c1-17(2)14-23(34-30(39)24-16-20-21(32-24)10-7-11-25(20)40-3)29(38)33-22(15-19-12-13-31-28(19)37)27(36)26(35)18-8-5-4-6-9-18/h4-11,16-17,19,22-23,32H,12-15H2,1-3H3,(H,31,37)(H,33,38)(H,34,39)/t19?,22?,23-/m0/s1. The van der Waals surface area contributed by atoms with E-state index in [0.717, 1.165) is 5.39 Å². The van der Waals surface area contributed by atoms with Gasteiger partial charge in [-0.2, -0.15) is 0 Å². The molecule has 3 aromatic rings. The summed E-state index contributed by atoms with van der Waals surface area (Å²) in [6, 6.07) is 12.9. The molecule has 0 radical (unpaired) electrons. The van der Waals surface area contributed by atoms with Crippen molar-refractivity contribution in [1.29, 1.82) is 0 Å². The molecule has 2 unspecified atom stereocenters. The average molecular weight is 547 g/mol. The molecule has 3 atom stereocenters. The number of hydrogen-bond donors (Lipinski definition) is 4. The Balaban J connectivity index is 1.55. The summed E-state index contributed by atoms with van der Waals surface area (Å²) in [5.74, 6) is -2.77. The first kappa shape index (κ1) is 28.5. The van der Waals surface area contributed by atoms with Gasteiger partial charge in [-0.25, -0.2) is 0 Å². The molecular formula is C30H34N4O6. The SMILES string of the molecule is COc1cccc2[nH]c(C(=O)N[C@@H](CC(C)C)C(=O)NC(CC3CCNC3=O)C(=O)C(=O)c3ccccc3)cc12. The second-order valence-electron chi connectivity index (χ2n) is 10.4. The largest absolute Gasteiger partial charge is 0.496 e. The van der Waals surface area contributed by atoms with Crippen molar-refractivity contribution >= 4 is 40.2 Å². The van der Waals surface area contributed by atoms with Crippen LogP contribution in [0.1, 0.15) is 54.0 Å². The van der Waals surface area contributed by atoms with E-state index in [2.05, 4.69) is 20.9 Å². The third kappa shape index (κ3) is 6.56. The van der Waals surface area contributed by atoms with Crippen molar-refractivity contribution in [3.63, 3.8) is 0 Å². The molecule has 2 aromatic carbocycles. The van der Waals surface area contributed by atoms with E-state index in [1.807, 2.05) is 19.9 Å². The number of carbonyl (C=O) groups is 5.